The highest BCUT2D eigenvalue weighted by molar-refractivity contribution is 5.99. The lowest BCUT2D eigenvalue weighted by molar-refractivity contribution is 0.0697. The number of carbonyl (C=O) groups excluding carboxylic acids is 3. The van der Waals surface area contributed by atoms with Crippen molar-refractivity contribution in [2.24, 2.45) is 0 Å². The highest BCUT2D eigenvalue weighted by Gasteiger charge is 2.46. The van der Waals surface area contributed by atoms with Gasteiger partial charge in [-0.3, -0.25) is 19.1 Å². The first kappa shape index (κ1) is 20.4. The second-order valence-electron chi connectivity index (χ2n) is 9.00. The van der Waals surface area contributed by atoms with Crippen LogP contribution in [-0.4, -0.2) is 44.3 Å². The van der Waals surface area contributed by atoms with E-state index in [9.17, 15) is 14.4 Å². The maximum absolute atomic E-state index is 13.3. The van der Waals surface area contributed by atoms with E-state index in [0.717, 1.165) is 41.3 Å². The largest absolute Gasteiger partial charge is 0.351 e. The zero-order valence-electron chi connectivity index (χ0n) is 18.5. The van der Waals surface area contributed by atoms with Crippen LogP contribution in [0.5, 0.6) is 0 Å². The molecule has 2 aromatic carbocycles. The standard InChI is InChI=1S/C26H23N5O3/c32-16-17-5-7-19(8-6-17)26(9-10-26)29-24(33)20-14-27-31-12-11-30(15-23(20)31)25(34)22-13-18-3-1-2-4-21(18)28-22/h1-8,13-14,16,28H,9-12,15H2,(H,29,33). The molecule has 3 heterocycles. The fraction of sp³-hybridized carbons (Fsp3) is 0.231. The number of benzene rings is 2. The number of aromatic nitrogens is 3. The molecular formula is C26H23N5O3. The predicted molar refractivity (Wildman–Crippen MR) is 125 cm³/mol. The molecule has 1 saturated carbocycles. The van der Waals surface area contributed by atoms with E-state index in [1.807, 2.05) is 47.1 Å². The van der Waals surface area contributed by atoms with Crippen LogP contribution in [-0.2, 0) is 18.6 Å². The maximum Gasteiger partial charge on any atom is 0.270 e. The molecule has 8 heteroatoms. The lowest BCUT2D eigenvalue weighted by Crippen LogP contribution is -2.40. The van der Waals surface area contributed by atoms with E-state index in [1.165, 1.54) is 0 Å². The van der Waals surface area contributed by atoms with Gasteiger partial charge in [-0.2, -0.15) is 5.10 Å². The summed E-state index contributed by atoms with van der Waals surface area (Å²) in [4.78, 5) is 42.4. The lowest BCUT2D eigenvalue weighted by Gasteiger charge is -2.28. The summed E-state index contributed by atoms with van der Waals surface area (Å²) in [6.45, 7) is 1.38. The molecule has 1 fully saturated rings. The predicted octanol–water partition coefficient (Wildman–Crippen LogP) is 3.25. The van der Waals surface area contributed by atoms with E-state index >= 15 is 0 Å². The Balaban J connectivity index is 1.21. The third kappa shape index (κ3) is 3.39. The Kier molecular flexibility index (Phi) is 4.62. The topological polar surface area (TPSA) is 100 Å². The third-order valence-corrected chi connectivity index (χ3v) is 6.87. The van der Waals surface area contributed by atoms with Gasteiger partial charge < -0.3 is 15.2 Å². The minimum absolute atomic E-state index is 0.0936. The molecule has 1 aliphatic carbocycles. The minimum Gasteiger partial charge on any atom is -0.351 e. The summed E-state index contributed by atoms with van der Waals surface area (Å²) >= 11 is 0. The molecule has 0 bridgehead atoms. The first-order valence-electron chi connectivity index (χ1n) is 11.4. The molecule has 6 rings (SSSR count). The van der Waals surface area contributed by atoms with Crippen LogP contribution in [0.3, 0.4) is 0 Å². The number of amides is 2. The van der Waals surface area contributed by atoms with Gasteiger partial charge in [0.1, 0.15) is 12.0 Å². The molecule has 0 saturated heterocycles. The number of fused-ring (bicyclic) bond motifs is 2. The van der Waals surface area contributed by atoms with Crippen molar-refractivity contribution in [2.45, 2.75) is 31.5 Å². The van der Waals surface area contributed by atoms with E-state index < -0.39 is 5.54 Å². The second kappa shape index (κ2) is 7.69. The van der Waals surface area contributed by atoms with Crippen molar-refractivity contribution in [2.75, 3.05) is 6.54 Å². The number of hydrogen-bond donors (Lipinski definition) is 2. The Hall–Kier alpha value is -4.20. The maximum atomic E-state index is 13.3. The SMILES string of the molecule is O=Cc1ccc(C2(NC(=O)c3cnn4c3CN(C(=O)c3cc5ccccc5[nH]3)CC4)CC2)cc1. The van der Waals surface area contributed by atoms with Gasteiger partial charge in [-0.05, 0) is 30.5 Å². The van der Waals surface area contributed by atoms with Crippen LogP contribution in [0, 0.1) is 0 Å². The van der Waals surface area contributed by atoms with Gasteiger partial charge in [0.25, 0.3) is 11.8 Å². The molecule has 2 aromatic heterocycles. The van der Waals surface area contributed by atoms with E-state index in [1.54, 1.807) is 23.2 Å². The summed E-state index contributed by atoms with van der Waals surface area (Å²) in [5.41, 5.74) is 3.87. The zero-order chi connectivity index (χ0) is 23.3. The molecule has 2 amide bonds. The number of carbonyl (C=O) groups is 3. The molecule has 1 aliphatic heterocycles. The van der Waals surface area contributed by atoms with Gasteiger partial charge >= 0.3 is 0 Å². The molecule has 4 aromatic rings. The number of nitrogens with one attached hydrogen (secondary N) is 2. The number of nitrogens with zero attached hydrogens (tertiary/aromatic N) is 3. The van der Waals surface area contributed by atoms with Crippen molar-refractivity contribution in [1.82, 2.24) is 25.0 Å². The van der Waals surface area contributed by atoms with Gasteiger partial charge in [-0.25, -0.2) is 0 Å². The quantitative estimate of drug-likeness (QED) is 0.453. The summed E-state index contributed by atoms with van der Waals surface area (Å²) in [5.74, 6) is -0.290. The Morgan fingerprint density at radius 3 is 2.59 bits per heavy atom. The van der Waals surface area contributed by atoms with Crippen LogP contribution >= 0.6 is 0 Å². The zero-order valence-corrected chi connectivity index (χ0v) is 18.5. The molecule has 0 spiro atoms. The van der Waals surface area contributed by atoms with Crippen molar-refractivity contribution in [3.63, 3.8) is 0 Å². The van der Waals surface area contributed by atoms with E-state index in [2.05, 4.69) is 15.4 Å². The van der Waals surface area contributed by atoms with Crippen molar-refractivity contribution < 1.29 is 14.4 Å². The van der Waals surface area contributed by atoms with Crippen LogP contribution in [0.15, 0.2) is 60.8 Å². The normalized spacial score (nSPS) is 16.2. The van der Waals surface area contributed by atoms with Crippen molar-refractivity contribution >= 4 is 29.0 Å². The van der Waals surface area contributed by atoms with E-state index in [0.29, 0.717) is 36.5 Å². The Morgan fingerprint density at radius 1 is 1.06 bits per heavy atom. The fourth-order valence-electron chi connectivity index (χ4n) is 4.74. The summed E-state index contributed by atoms with van der Waals surface area (Å²) in [6, 6.07) is 17.0. The van der Waals surface area contributed by atoms with Gasteiger partial charge in [0.2, 0.25) is 0 Å². The van der Waals surface area contributed by atoms with E-state index in [-0.39, 0.29) is 11.8 Å². The minimum atomic E-state index is -0.415. The summed E-state index contributed by atoms with van der Waals surface area (Å²) in [5, 5.41) is 8.56. The first-order valence-corrected chi connectivity index (χ1v) is 11.4. The monoisotopic (exact) mass is 453 g/mol. The average Bonchev–Trinajstić information content (AvgIpc) is 3.32. The summed E-state index contributed by atoms with van der Waals surface area (Å²) in [7, 11) is 0. The Labute approximate surface area is 195 Å². The van der Waals surface area contributed by atoms with Crippen LogP contribution < -0.4 is 5.32 Å². The van der Waals surface area contributed by atoms with Crippen molar-refractivity contribution in [3.8, 4) is 0 Å². The molecular weight excluding hydrogens is 430 g/mol. The van der Waals surface area contributed by atoms with Gasteiger partial charge in [0.05, 0.1) is 36.1 Å². The van der Waals surface area contributed by atoms with Gasteiger partial charge in [0.15, 0.2) is 0 Å². The highest BCUT2D eigenvalue weighted by Crippen LogP contribution is 2.45. The third-order valence-electron chi connectivity index (χ3n) is 6.87. The average molecular weight is 454 g/mol. The number of para-hydroxylation sites is 1. The Bertz CT molecular complexity index is 1400. The van der Waals surface area contributed by atoms with Crippen LogP contribution in [0.1, 0.15) is 55.3 Å². The summed E-state index contributed by atoms with van der Waals surface area (Å²) in [6.07, 6.45) is 4.08. The second-order valence-corrected chi connectivity index (χ2v) is 9.00. The highest BCUT2D eigenvalue weighted by atomic mass is 16.2. The molecule has 2 N–H and O–H groups in total. The van der Waals surface area contributed by atoms with Crippen molar-refractivity contribution in [3.05, 3.63) is 88.9 Å². The number of aromatic amines is 1. The molecule has 0 radical (unpaired) electrons. The van der Waals surface area contributed by atoms with Crippen LogP contribution in [0.4, 0.5) is 0 Å². The van der Waals surface area contributed by atoms with Gasteiger partial charge in [0, 0.05) is 23.0 Å². The van der Waals surface area contributed by atoms with Gasteiger partial charge in [-0.15, -0.1) is 0 Å². The fourth-order valence-corrected chi connectivity index (χ4v) is 4.74. The van der Waals surface area contributed by atoms with Crippen LogP contribution in [0.2, 0.25) is 0 Å². The van der Waals surface area contributed by atoms with Gasteiger partial charge in [-0.1, -0.05) is 42.5 Å². The molecule has 34 heavy (non-hydrogen) atoms. The van der Waals surface area contributed by atoms with E-state index in [4.69, 9.17) is 0 Å². The smallest absolute Gasteiger partial charge is 0.270 e. The molecule has 8 nitrogen and oxygen atoms in total. The molecule has 170 valence electrons. The lowest BCUT2D eigenvalue weighted by atomic mass is 10.0. The summed E-state index contributed by atoms with van der Waals surface area (Å²) < 4.78 is 1.81. The van der Waals surface area contributed by atoms with Crippen LogP contribution in [0.25, 0.3) is 10.9 Å². The molecule has 0 atom stereocenters. The van der Waals surface area contributed by atoms with Crippen molar-refractivity contribution in [1.29, 1.82) is 0 Å². The molecule has 2 aliphatic rings. The number of H-pyrrole nitrogens is 1. The number of rotatable bonds is 5. The number of hydrogen-bond acceptors (Lipinski definition) is 4. The first-order chi connectivity index (χ1) is 16.6. The molecule has 0 unspecified atom stereocenters. The number of aldehydes is 1. The Morgan fingerprint density at radius 2 is 1.85 bits per heavy atom.